The summed E-state index contributed by atoms with van der Waals surface area (Å²) in [4.78, 5) is 16.3. The van der Waals surface area contributed by atoms with E-state index < -0.39 is 5.82 Å². The predicted octanol–water partition coefficient (Wildman–Crippen LogP) is 3.57. The summed E-state index contributed by atoms with van der Waals surface area (Å²) in [5.41, 5.74) is 0.389. The lowest BCUT2D eigenvalue weighted by molar-refractivity contribution is 0.101. The molecule has 0 N–H and O–H groups in total. The van der Waals surface area contributed by atoms with Crippen molar-refractivity contribution < 1.29 is 9.18 Å². The molecule has 4 heteroatoms. The molecule has 0 aliphatic rings. The van der Waals surface area contributed by atoms with Crippen LogP contribution in [0.1, 0.15) is 17.3 Å². The van der Waals surface area contributed by atoms with Gasteiger partial charge in [-0.15, -0.1) is 0 Å². The van der Waals surface area contributed by atoms with E-state index in [1.165, 1.54) is 30.8 Å². The minimum absolute atomic E-state index is 0.150. The zero-order chi connectivity index (χ0) is 12.3. The predicted molar refractivity (Wildman–Crippen MR) is 64.8 cm³/mol. The molecule has 0 unspecified atom stereocenters. The number of pyridine rings is 1. The maximum atomic E-state index is 13.1. The SMILES string of the molecule is CC(=O)c1cc(F)ccc1Sc1ccccn1. The molecule has 0 bridgehead atoms. The summed E-state index contributed by atoms with van der Waals surface area (Å²) >= 11 is 1.35. The van der Waals surface area contributed by atoms with Crippen LogP contribution in [-0.4, -0.2) is 10.8 Å². The van der Waals surface area contributed by atoms with Crippen molar-refractivity contribution in [3.8, 4) is 0 Å². The molecule has 0 aliphatic carbocycles. The van der Waals surface area contributed by atoms with Gasteiger partial charge in [0.25, 0.3) is 0 Å². The maximum absolute atomic E-state index is 13.1. The minimum Gasteiger partial charge on any atom is -0.294 e. The van der Waals surface area contributed by atoms with Gasteiger partial charge >= 0.3 is 0 Å². The van der Waals surface area contributed by atoms with E-state index in [0.717, 1.165) is 9.92 Å². The summed E-state index contributed by atoms with van der Waals surface area (Å²) in [5, 5.41) is 0.779. The fourth-order valence-electron chi connectivity index (χ4n) is 1.39. The third-order valence-corrected chi connectivity index (χ3v) is 3.20. The normalized spacial score (nSPS) is 10.2. The summed E-state index contributed by atoms with van der Waals surface area (Å²) in [6, 6.07) is 9.74. The number of ketones is 1. The molecule has 0 atom stereocenters. The third-order valence-electron chi connectivity index (χ3n) is 2.17. The molecule has 1 heterocycles. The number of halogens is 1. The third kappa shape index (κ3) is 2.91. The Hall–Kier alpha value is -1.68. The molecule has 0 radical (unpaired) electrons. The van der Waals surface area contributed by atoms with Crippen LogP contribution in [0.4, 0.5) is 4.39 Å². The van der Waals surface area contributed by atoms with Gasteiger partial charge in [0.1, 0.15) is 10.8 Å². The first kappa shape index (κ1) is 11.8. The fraction of sp³-hybridized carbons (Fsp3) is 0.0769. The fourth-order valence-corrected chi connectivity index (χ4v) is 2.32. The Kier molecular flexibility index (Phi) is 3.54. The average Bonchev–Trinajstić information content (AvgIpc) is 2.32. The van der Waals surface area contributed by atoms with Crippen LogP contribution in [0.3, 0.4) is 0 Å². The van der Waals surface area contributed by atoms with Crippen molar-refractivity contribution in [1.82, 2.24) is 4.98 Å². The smallest absolute Gasteiger partial charge is 0.161 e. The Labute approximate surface area is 103 Å². The highest BCUT2D eigenvalue weighted by atomic mass is 32.2. The van der Waals surface area contributed by atoms with Crippen LogP contribution in [0.2, 0.25) is 0 Å². The lowest BCUT2D eigenvalue weighted by Crippen LogP contribution is -1.96. The second-order valence-corrected chi connectivity index (χ2v) is 4.53. The molecular formula is C13H10FNOS. The highest BCUT2D eigenvalue weighted by molar-refractivity contribution is 7.99. The Morgan fingerprint density at radius 2 is 2.12 bits per heavy atom. The first-order valence-corrected chi connectivity index (χ1v) is 5.88. The van der Waals surface area contributed by atoms with E-state index in [4.69, 9.17) is 0 Å². The van der Waals surface area contributed by atoms with Crippen LogP contribution in [-0.2, 0) is 0 Å². The number of hydrogen-bond acceptors (Lipinski definition) is 3. The number of aromatic nitrogens is 1. The maximum Gasteiger partial charge on any atom is 0.161 e. The van der Waals surface area contributed by atoms with E-state index in [9.17, 15) is 9.18 Å². The molecule has 2 aromatic rings. The molecule has 2 nitrogen and oxygen atoms in total. The van der Waals surface area contributed by atoms with Gasteiger partial charge in [-0.2, -0.15) is 0 Å². The lowest BCUT2D eigenvalue weighted by atomic mass is 10.1. The van der Waals surface area contributed by atoms with E-state index >= 15 is 0 Å². The second-order valence-electron chi connectivity index (χ2n) is 3.47. The highest BCUT2D eigenvalue weighted by Crippen LogP contribution is 2.29. The van der Waals surface area contributed by atoms with Gasteiger partial charge in [0.15, 0.2) is 5.78 Å². The molecule has 17 heavy (non-hydrogen) atoms. The van der Waals surface area contributed by atoms with Crippen molar-refractivity contribution in [3.05, 3.63) is 54.0 Å². The van der Waals surface area contributed by atoms with Crippen molar-refractivity contribution in [3.63, 3.8) is 0 Å². The van der Waals surface area contributed by atoms with E-state index in [1.54, 1.807) is 12.3 Å². The molecule has 0 amide bonds. The van der Waals surface area contributed by atoms with Gasteiger partial charge in [0.05, 0.1) is 0 Å². The van der Waals surface area contributed by atoms with Crippen LogP contribution in [0.25, 0.3) is 0 Å². The quantitative estimate of drug-likeness (QED) is 0.776. The average molecular weight is 247 g/mol. The van der Waals surface area contributed by atoms with Gasteiger partial charge < -0.3 is 0 Å². The molecule has 0 fully saturated rings. The number of carbonyl (C=O) groups is 1. The number of carbonyl (C=O) groups excluding carboxylic acids is 1. The van der Waals surface area contributed by atoms with Crippen LogP contribution in [0.5, 0.6) is 0 Å². The van der Waals surface area contributed by atoms with E-state index in [1.807, 2.05) is 18.2 Å². The summed E-state index contributed by atoms with van der Waals surface area (Å²) < 4.78 is 13.1. The van der Waals surface area contributed by atoms with Crippen molar-refractivity contribution in [1.29, 1.82) is 0 Å². The molecule has 2 rings (SSSR count). The second kappa shape index (κ2) is 5.10. The lowest BCUT2D eigenvalue weighted by Gasteiger charge is -2.05. The van der Waals surface area contributed by atoms with E-state index in [0.29, 0.717) is 5.56 Å². The molecule has 0 aliphatic heterocycles. The molecule has 86 valence electrons. The van der Waals surface area contributed by atoms with E-state index in [2.05, 4.69) is 4.98 Å². The van der Waals surface area contributed by atoms with Crippen LogP contribution in [0.15, 0.2) is 52.5 Å². The number of hydrogen-bond donors (Lipinski definition) is 0. The number of nitrogens with zero attached hydrogens (tertiary/aromatic N) is 1. The standard InChI is InChI=1S/C13H10FNOS/c1-9(16)11-8-10(14)5-6-12(11)17-13-4-2-3-7-15-13/h2-8H,1H3. The zero-order valence-corrected chi connectivity index (χ0v) is 10.00. The molecule has 0 spiro atoms. The molecule has 1 aromatic carbocycles. The number of rotatable bonds is 3. The number of Topliss-reactive ketones (excluding diaryl/α,β-unsaturated/α-hetero) is 1. The van der Waals surface area contributed by atoms with Crippen molar-refractivity contribution >= 4 is 17.5 Å². The molecule has 1 aromatic heterocycles. The summed E-state index contributed by atoms with van der Waals surface area (Å²) in [6.07, 6.45) is 1.68. The first-order chi connectivity index (χ1) is 8.16. The Balaban J connectivity index is 2.36. The monoisotopic (exact) mass is 247 g/mol. The Morgan fingerprint density at radius 3 is 2.76 bits per heavy atom. The van der Waals surface area contributed by atoms with E-state index in [-0.39, 0.29) is 5.78 Å². The highest BCUT2D eigenvalue weighted by Gasteiger charge is 2.10. The van der Waals surface area contributed by atoms with Gasteiger partial charge in [-0.05, 0) is 37.3 Å². The zero-order valence-electron chi connectivity index (χ0n) is 9.18. The van der Waals surface area contributed by atoms with Crippen molar-refractivity contribution in [2.75, 3.05) is 0 Å². The van der Waals surface area contributed by atoms with Crippen molar-refractivity contribution in [2.24, 2.45) is 0 Å². The minimum atomic E-state index is -0.402. The van der Waals surface area contributed by atoms with Crippen LogP contribution in [0, 0.1) is 5.82 Å². The van der Waals surface area contributed by atoms with Gasteiger partial charge in [0, 0.05) is 16.7 Å². The summed E-state index contributed by atoms with van der Waals surface area (Å²) in [7, 11) is 0. The Bertz CT molecular complexity index is 542. The summed E-state index contributed by atoms with van der Waals surface area (Å²) in [6.45, 7) is 1.43. The van der Waals surface area contributed by atoms with Gasteiger partial charge in [-0.3, -0.25) is 4.79 Å². The number of benzene rings is 1. The van der Waals surface area contributed by atoms with Crippen molar-refractivity contribution in [2.45, 2.75) is 16.8 Å². The molecule has 0 saturated heterocycles. The molecule has 0 saturated carbocycles. The topological polar surface area (TPSA) is 30.0 Å². The van der Waals surface area contributed by atoms with Crippen LogP contribution >= 0.6 is 11.8 Å². The van der Waals surface area contributed by atoms with Gasteiger partial charge in [-0.25, -0.2) is 9.37 Å². The first-order valence-electron chi connectivity index (χ1n) is 5.06. The van der Waals surface area contributed by atoms with Gasteiger partial charge in [0.2, 0.25) is 0 Å². The van der Waals surface area contributed by atoms with Gasteiger partial charge in [-0.1, -0.05) is 17.8 Å². The van der Waals surface area contributed by atoms with Crippen LogP contribution < -0.4 is 0 Å². The largest absolute Gasteiger partial charge is 0.294 e. The molecular weight excluding hydrogens is 237 g/mol. The summed E-state index contributed by atoms with van der Waals surface area (Å²) in [5.74, 6) is -0.552. The Morgan fingerprint density at radius 1 is 1.29 bits per heavy atom.